The fourth-order valence-electron chi connectivity index (χ4n) is 3.77. The van der Waals surface area contributed by atoms with Gasteiger partial charge in [0.2, 0.25) is 5.91 Å². The average Bonchev–Trinajstić information content (AvgIpc) is 2.67. The van der Waals surface area contributed by atoms with Gasteiger partial charge in [-0.05, 0) is 23.8 Å². The fourth-order valence-corrected chi connectivity index (χ4v) is 4.49. The maximum absolute atomic E-state index is 13.8. The molecule has 0 N–H and O–H groups in total. The van der Waals surface area contributed by atoms with E-state index in [1.807, 2.05) is 35.2 Å². The number of carbonyl (C=O) groups excluding carboxylic acids is 1. The van der Waals surface area contributed by atoms with Gasteiger partial charge in [-0.3, -0.25) is 9.36 Å². The quantitative estimate of drug-likeness (QED) is 0.245. The van der Waals surface area contributed by atoms with Crippen LogP contribution in [0.25, 0.3) is 0 Å². The smallest absolute Gasteiger partial charge is 0.244 e. The van der Waals surface area contributed by atoms with Crippen molar-refractivity contribution in [2.75, 3.05) is 13.1 Å². The first-order valence-corrected chi connectivity index (χ1v) is 11.9. The lowest BCUT2D eigenvalue weighted by atomic mass is 9.89. The van der Waals surface area contributed by atoms with Gasteiger partial charge in [0, 0.05) is 13.1 Å². The summed E-state index contributed by atoms with van der Waals surface area (Å²) in [6.07, 6.45) is 7.57. The third-order valence-electron chi connectivity index (χ3n) is 5.11. The molecule has 0 heterocycles. The molecule has 0 saturated heterocycles. The van der Waals surface area contributed by atoms with E-state index in [1.54, 1.807) is 0 Å². The van der Waals surface area contributed by atoms with E-state index < -0.39 is 5.16 Å². The third kappa shape index (κ3) is 7.66. The zero-order valence-electron chi connectivity index (χ0n) is 18.6. The standard InChI is InChI=1S/C24H40NO2P/c1-6-7-8-9-10-14-17-24(28-27,22-15-12-11-13-16-22)23(26)25(18-20(2)3)19-21(4)5/h11-13,15-16,20-21H,6-10,14,17-19H2,1-5H3. The first kappa shape index (κ1) is 24.8. The Bertz CT molecular complexity index is 563. The summed E-state index contributed by atoms with van der Waals surface area (Å²) in [5.41, 5.74) is 0.878. The van der Waals surface area contributed by atoms with Crippen LogP contribution < -0.4 is 0 Å². The largest absolute Gasteiger partial charge is 0.341 e. The maximum Gasteiger partial charge on any atom is 0.244 e. The molecule has 1 aromatic carbocycles. The number of carbonyl (C=O) groups is 1. The van der Waals surface area contributed by atoms with Crippen molar-refractivity contribution in [3.8, 4) is 0 Å². The molecule has 0 aliphatic carbocycles. The summed E-state index contributed by atoms with van der Waals surface area (Å²) in [5, 5.41) is -0.963. The van der Waals surface area contributed by atoms with Crippen LogP contribution in [0.2, 0.25) is 0 Å². The number of nitrogens with zero attached hydrogens (tertiary/aromatic N) is 1. The summed E-state index contributed by atoms with van der Waals surface area (Å²) >= 11 is 0. The average molecular weight is 406 g/mol. The van der Waals surface area contributed by atoms with Gasteiger partial charge in [-0.15, -0.1) is 0 Å². The van der Waals surface area contributed by atoms with Crippen LogP contribution in [0.3, 0.4) is 0 Å². The molecule has 0 bridgehead atoms. The van der Waals surface area contributed by atoms with Gasteiger partial charge in [-0.1, -0.05) is 103 Å². The van der Waals surface area contributed by atoms with Gasteiger partial charge in [0.25, 0.3) is 0 Å². The summed E-state index contributed by atoms with van der Waals surface area (Å²) in [7, 11) is -0.0889. The first-order chi connectivity index (χ1) is 13.4. The van der Waals surface area contributed by atoms with Crippen LogP contribution in [0.15, 0.2) is 30.3 Å². The molecular weight excluding hydrogens is 365 g/mol. The second-order valence-corrected chi connectivity index (χ2v) is 9.78. The molecule has 0 fully saturated rings. The lowest BCUT2D eigenvalue weighted by Gasteiger charge is -2.35. The van der Waals surface area contributed by atoms with E-state index in [1.165, 1.54) is 25.7 Å². The van der Waals surface area contributed by atoms with Gasteiger partial charge in [-0.2, -0.15) is 0 Å². The molecule has 1 atom stereocenters. The first-order valence-electron chi connectivity index (χ1n) is 11.1. The SMILES string of the molecule is CCCCCCCCC(P=O)(C(=O)N(CC(C)C)CC(C)C)c1ccccc1. The Hall–Kier alpha value is -1.21. The van der Waals surface area contributed by atoms with Crippen molar-refractivity contribution < 1.29 is 9.36 Å². The van der Waals surface area contributed by atoms with Crippen LogP contribution in [-0.4, -0.2) is 23.9 Å². The van der Waals surface area contributed by atoms with Crippen molar-refractivity contribution in [1.82, 2.24) is 4.90 Å². The highest BCUT2D eigenvalue weighted by molar-refractivity contribution is 7.27. The van der Waals surface area contributed by atoms with E-state index in [4.69, 9.17) is 0 Å². The highest BCUT2D eigenvalue weighted by Crippen LogP contribution is 2.42. The van der Waals surface area contributed by atoms with Crippen molar-refractivity contribution in [2.24, 2.45) is 11.8 Å². The number of rotatable bonds is 14. The van der Waals surface area contributed by atoms with E-state index in [-0.39, 0.29) is 14.4 Å². The Morgan fingerprint density at radius 1 is 0.929 bits per heavy atom. The maximum atomic E-state index is 13.8. The molecule has 1 unspecified atom stereocenters. The Kier molecular flexibility index (Phi) is 11.6. The molecule has 0 saturated carbocycles. The van der Waals surface area contributed by atoms with Crippen molar-refractivity contribution in [2.45, 2.75) is 84.7 Å². The molecule has 1 rings (SSSR count). The molecule has 0 aliphatic heterocycles. The lowest BCUT2D eigenvalue weighted by Crippen LogP contribution is -2.46. The van der Waals surface area contributed by atoms with Crippen LogP contribution >= 0.6 is 8.46 Å². The number of benzene rings is 1. The summed E-state index contributed by atoms with van der Waals surface area (Å²) in [6.45, 7) is 12.2. The third-order valence-corrected chi connectivity index (χ3v) is 6.10. The molecule has 1 aromatic rings. The molecule has 4 heteroatoms. The zero-order chi connectivity index (χ0) is 21.0. The number of hydrogen-bond donors (Lipinski definition) is 0. The molecule has 0 radical (unpaired) electrons. The predicted molar refractivity (Wildman–Crippen MR) is 120 cm³/mol. The highest BCUT2D eigenvalue weighted by atomic mass is 31.1. The van der Waals surface area contributed by atoms with Gasteiger partial charge < -0.3 is 4.90 Å². The second kappa shape index (κ2) is 13.1. The molecule has 3 nitrogen and oxygen atoms in total. The minimum Gasteiger partial charge on any atom is -0.341 e. The Morgan fingerprint density at radius 2 is 1.46 bits per heavy atom. The molecule has 0 spiro atoms. The fraction of sp³-hybridized carbons (Fsp3) is 0.708. The molecule has 158 valence electrons. The second-order valence-electron chi connectivity index (χ2n) is 8.83. The lowest BCUT2D eigenvalue weighted by molar-refractivity contribution is -0.135. The van der Waals surface area contributed by atoms with Gasteiger partial charge in [0.1, 0.15) is 0 Å². The van der Waals surface area contributed by atoms with E-state index >= 15 is 0 Å². The Labute approximate surface area is 174 Å². The number of unbranched alkanes of at least 4 members (excludes halogenated alkanes) is 5. The van der Waals surface area contributed by atoms with Crippen LogP contribution in [0.4, 0.5) is 0 Å². The van der Waals surface area contributed by atoms with Crippen molar-refractivity contribution in [3.63, 3.8) is 0 Å². The monoisotopic (exact) mass is 405 g/mol. The summed E-state index contributed by atoms with van der Waals surface area (Å²) in [5.74, 6) is 0.786. The van der Waals surface area contributed by atoms with Crippen molar-refractivity contribution in [1.29, 1.82) is 0 Å². The van der Waals surface area contributed by atoms with Gasteiger partial charge >= 0.3 is 0 Å². The minimum atomic E-state index is -0.963. The molecule has 0 aromatic heterocycles. The van der Waals surface area contributed by atoms with E-state index in [2.05, 4.69) is 34.6 Å². The van der Waals surface area contributed by atoms with Gasteiger partial charge in [0.05, 0.1) is 0 Å². The van der Waals surface area contributed by atoms with Crippen LogP contribution in [0, 0.1) is 11.8 Å². The topological polar surface area (TPSA) is 37.4 Å². The normalized spacial score (nSPS) is 13.8. The van der Waals surface area contributed by atoms with Crippen molar-refractivity contribution in [3.05, 3.63) is 35.9 Å². The predicted octanol–water partition coefficient (Wildman–Crippen LogP) is 7.06. The summed E-state index contributed by atoms with van der Waals surface area (Å²) < 4.78 is 12.6. The molecular formula is C24H40NO2P. The van der Waals surface area contributed by atoms with E-state index in [9.17, 15) is 9.36 Å². The van der Waals surface area contributed by atoms with Crippen LogP contribution in [-0.2, 0) is 14.5 Å². The molecule has 1 amide bonds. The van der Waals surface area contributed by atoms with E-state index in [0.717, 1.165) is 18.4 Å². The van der Waals surface area contributed by atoms with Gasteiger partial charge in [0.15, 0.2) is 13.6 Å². The number of hydrogen-bond acceptors (Lipinski definition) is 2. The summed E-state index contributed by atoms with van der Waals surface area (Å²) in [4.78, 5) is 15.7. The highest BCUT2D eigenvalue weighted by Gasteiger charge is 2.43. The Morgan fingerprint density at radius 3 is 1.96 bits per heavy atom. The van der Waals surface area contributed by atoms with Crippen molar-refractivity contribution >= 4 is 14.4 Å². The number of amides is 1. The van der Waals surface area contributed by atoms with E-state index in [0.29, 0.717) is 31.3 Å². The zero-order valence-corrected chi connectivity index (χ0v) is 19.5. The Balaban J connectivity index is 3.09. The van der Waals surface area contributed by atoms with Crippen LogP contribution in [0.1, 0.15) is 85.1 Å². The molecule has 0 aliphatic rings. The minimum absolute atomic E-state index is 0.0197. The van der Waals surface area contributed by atoms with Crippen LogP contribution in [0.5, 0.6) is 0 Å². The summed E-state index contributed by atoms with van der Waals surface area (Å²) in [6, 6.07) is 9.76. The molecule has 28 heavy (non-hydrogen) atoms. The van der Waals surface area contributed by atoms with Gasteiger partial charge in [-0.25, -0.2) is 0 Å².